The predicted octanol–water partition coefficient (Wildman–Crippen LogP) is 3.24. The van der Waals surface area contributed by atoms with Crippen LogP contribution in [0.2, 0.25) is 0 Å². The number of hydrogen-bond donors (Lipinski definition) is 1. The lowest BCUT2D eigenvalue weighted by Crippen LogP contribution is -2.39. The van der Waals surface area contributed by atoms with Crippen molar-refractivity contribution in [2.24, 2.45) is 18.0 Å². The number of nitrogens with zero attached hydrogens (tertiary/aromatic N) is 4. The molecule has 0 amide bonds. The van der Waals surface area contributed by atoms with E-state index in [-0.39, 0.29) is 5.60 Å². The molecule has 1 aliphatic rings. The summed E-state index contributed by atoms with van der Waals surface area (Å²) in [4.78, 5) is 6.86. The lowest BCUT2D eigenvalue weighted by molar-refractivity contribution is 0.129. The Morgan fingerprint density at radius 3 is 2.79 bits per heavy atom. The van der Waals surface area contributed by atoms with Crippen LogP contribution in [-0.2, 0) is 20.0 Å². The Morgan fingerprint density at radius 1 is 1.32 bits per heavy atom. The van der Waals surface area contributed by atoms with Crippen LogP contribution in [0.3, 0.4) is 0 Å². The predicted molar refractivity (Wildman–Crippen MR) is 114 cm³/mol. The van der Waals surface area contributed by atoms with Crippen LogP contribution in [-0.4, -0.2) is 46.4 Å². The Bertz CT molecular complexity index is 805. The van der Waals surface area contributed by atoms with Gasteiger partial charge in [0.2, 0.25) is 0 Å². The molecule has 1 aromatic carbocycles. The molecule has 2 aromatic rings. The molecule has 0 spiro atoms. The van der Waals surface area contributed by atoms with Crippen LogP contribution < -0.4 is 10.1 Å². The zero-order valence-electron chi connectivity index (χ0n) is 17.8. The first kappa shape index (κ1) is 20.2. The highest BCUT2D eigenvalue weighted by atomic mass is 16.5. The van der Waals surface area contributed by atoms with Gasteiger partial charge in [-0.3, -0.25) is 9.67 Å². The molecule has 1 N–H and O–H groups in total. The Kier molecular flexibility index (Phi) is 6.27. The van der Waals surface area contributed by atoms with E-state index in [0.717, 1.165) is 36.8 Å². The van der Waals surface area contributed by atoms with Crippen molar-refractivity contribution in [1.82, 2.24) is 20.0 Å². The second-order valence-electron chi connectivity index (χ2n) is 8.55. The summed E-state index contributed by atoms with van der Waals surface area (Å²) in [6, 6.07) is 8.21. The van der Waals surface area contributed by atoms with Crippen LogP contribution in [0.1, 0.15) is 38.3 Å². The second kappa shape index (κ2) is 8.67. The number of para-hydroxylation sites is 1. The lowest BCUT2D eigenvalue weighted by atomic mass is 10.0. The Morgan fingerprint density at radius 2 is 2.11 bits per heavy atom. The maximum absolute atomic E-state index is 6.11. The molecular formula is C22H33N5O. The van der Waals surface area contributed by atoms with Crippen LogP contribution >= 0.6 is 0 Å². The summed E-state index contributed by atoms with van der Waals surface area (Å²) in [5.74, 6) is 2.52. The average Bonchev–Trinajstić information content (AvgIpc) is 3.25. The Labute approximate surface area is 168 Å². The monoisotopic (exact) mass is 383 g/mol. The van der Waals surface area contributed by atoms with Gasteiger partial charge in [-0.15, -0.1) is 0 Å². The maximum atomic E-state index is 6.11. The minimum absolute atomic E-state index is 0.216. The first-order valence-electron chi connectivity index (χ1n) is 10.0. The minimum atomic E-state index is -0.216. The molecule has 0 bridgehead atoms. The molecular weight excluding hydrogens is 350 g/mol. The first-order chi connectivity index (χ1) is 13.3. The van der Waals surface area contributed by atoms with Gasteiger partial charge in [-0.2, -0.15) is 5.10 Å². The third-order valence-electron chi connectivity index (χ3n) is 4.91. The van der Waals surface area contributed by atoms with Gasteiger partial charge in [0, 0.05) is 45.5 Å². The molecule has 1 fully saturated rings. The van der Waals surface area contributed by atoms with E-state index in [0.29, 0.717) is 12.5 Å². The normalized spacial score (nSPS) is 17.8. The van der Waals surface area contributed by atoms with Crippen molar-refractivity contribution in [3.05, 3.63) is 47.8 Å². The molecule has 1 aromatic heterocycles. The van der Waals surface area contributed by atoms with E-state index in [1.165, 1.54) is 12.0 Å². The van der Waals surface area contributed by atoms with E-state index in [1.54, 1.807) is 0 Å². The van der Waals surface area contributed by atoms with E-state index in [9.17, 15) is 0 Å². The molecule has 2 heterocycles. The summed E-state index contributed by atoms with van der Waals surface area (Å²) < 4.78 is 7.98. The average molecular weight is 384 g/mol. The molecule has 1 saturated heterocycles. The van der Waals surface area contributed by atoms with Gasteiger partial charge >= 0.3 is 0 Å². The third-order valence-corrected chi connectivity index (χ3v) is 4.91. The van der Waals surface area contributed by atoms with Crippen molar-refractivity contribution in [1.29, 1.82) is 0 Å². The van der Waals surface area contributed by atoms with Gasteiger partial charge in [0.1, 0.15) is 11.4 Å². The van der Waals surface area contributed by atoms with Crippen molar-refractivity contribution in [2.75, 3.05) is 20.1 Å². The highest BCUT2D eigenvalue weighted by Crippen LogP contribution is 2.24. The molecule has 6 heteroatoms. The number of likely N-dealkylation sites (tertiary alicyclic amines) is 1. The number of benzene rings is 1. The fraction of sp³-hybridized carbons (Fsp3) is 0.545. The number of aliphatic imine (C=N–C) groups is 1. The fourth-order valence-corrected chi connectivity index (χ4v) is 3.69. The quantitative estimate of drug-likeness (QED) is 0.636. The Hall–Kier alpha value is -2.50. The largest absolute Gasteiger partial charge is 0.488 e. The summed E-state index contributed by atoms with van der Waals surface area (Å²) in [6.07, 6.45) is 6.34. The van der Waals surface area contributed by atoms with E-state index < -0.39 is 0 Å². The van der Waals surface area contributed by atoms with Crippen molar-refractivity contribution >= 4 is 5.96 Å². The number of hydrogen-bond acceptors (Lipinski definition) is 3. The van der Waals surface area contributed by atoms with E-state index >= 15 is 0 Å². The summed E-state index contributed by atoms with van der Waals surface area (Å²) in [5, 5.41) is 7.80. The standard InChI is InChI=1S/C22H33N5O/c1-22(2,3)28-20-9-7-6-8-19(20)14-24-21(23-4)27-11-10-17(16-27)12-18-13-25-26(5)15-18/h6-9,13,15,17H,10-12,14,16H2,1-5H3,(H,23,24). The molecule has 1 aliphatic heterocycles. The fourth-order valence-electron chi connectivity index (χ4n) is 3.69. The van der Waals surface area contributed by atoms with E-state index in [2.05, 4.69) is 59.4 Å². The molecule has 152 valence electrons. The number of guanidine groups is 1. The summed E-state index contributed by atoms with van der Waals surface area (Å²) >= 11 is 0. The van der Waals surface area contributed by atoms with Crippen molar-refractivity contribution < 1.29 is 4.74 Å². The van der Waals surface area contributed by atoms with Gasteiger partial charge in [-0.05, 0) is 51.2 Å². The molecule has 0 radical (unpaired) electrons. The molecule has 6 nitrogen and oxygen atoms in total. The van der Waals surface area contributed by atoms with Crippen molar-refractivity contribution in [3.63, 3.8) is 0 Å². The summed E-state index contributed by atoms with van der Waals surface area (Å²) in [6.45, 7) is 8.97. The number of rotatable bonds is 5. The smallest absolute Gasteiger partial charge is 0.193 e. The highest BCUT2D eigenvalue weighted by Gasteiger charge is 2.25. The summed E-state index contributed by atoms with van der Waals surface area (Å²) in [7, 11) is 3.83. The lowest BCUT2D eigenvalue weighted by Gasteiger charge is -2.25. The van der Waals surface area contributed by atoms with Crippen LogP contribution in [0.4, 0.5) is 0 Å². The molecule has 0 aliphatic carbocycles. The number of nitrogens with one attached hydrogen (secondary N) is 1. The topological polar surface area (TPSA) is 54.7 Å². The van der Waals surface area contributed by atoms with Crippen LogP contribution in [0.15, 0.2) is 41.7 Å². The molecule has 0 saturated carbocycles. The highest BCUT2D eigenvalue weighted by molar-refractivity contribution is 5.80. The number of ether oxygens (including phenoxy) is 1. The van der Waals surface area contributed by atoms with Gasteiger partial charge < -0.3 is 15.0 Å². The van der Waals surface area contributed by atoms with E-state index in [1.807, 2.05) is 37.1 Å². The van der Waals surface area contributed by atoms with Crippen LogP contribution in [0, 0.1) is 5.92 Å². The second-order valence-corrected chi connectivity index (χ2v) is 8.55. The maximum Gasteiger partial charge on any atom is 0.193 e. The first-order valence-corrected chi connectivity index (χ1v) is 10.0. The van der Waals surface area contributed by atoms with Gasteiger partial charge in [-0.25, -0.2) is 0 Å². The van der Waals surface area contributed by atoms with Crippen LogP contribution in [0.5, 0.6) is 5.75 Å². The van der Waals surface area contributed by atoms with Gasteiger partial charge in [0.25, 0.3) is 0 Å². The number of aromatic nitrogens is 2. The van der Waals surface area contributed by atoms with Crippen molar-refractivity contribution in [2.45, 2.75) is 45.8 Å². The zero-order chi connectivity index (χ0) is 20.1. The van der Waals surface area contributed by atoms with E-state index in [4.69, 9.17) is 4.74 Å². The Balaban J connectivity index is 1.57. The van der Waals surface area contributed by atoms with Crippen molar-refractivity contribution in [3.8, 4) is 5.75 Å². The molecule has 3 rings (SSSR count). The van der Waals surface area contributed by atoms with Gasteiger partial charge in [0.15, 0.2) is 5.96 Å². The van der Waals surface area contributed by atoms with Crippen LogP contribution in [0.25, 0.3) is 0 Å². The molecule has 1 unspecified atom stereocenters. The molecule has 28 heavy (non-hydrogen) atoms. The summed E-state index contributed by atoms with van der Waals surface area (Å²) in [5.41, 5.74) is 2.24. The third kappa shape index (κ3) is 5.50. The molecule has 1 atom stereocenters. The van der Waals surface area contributed by atoms with Gasteiger partial charge in [0.05, 0.1) is 6.20 Å². The minimum Gasteiger partial charge on any atom is -0.488 e. The zero-order valence-corrected chi connectivity index (χ0v) is 17.8. The van der Waals surface area contributed by atoms with Gasteiger partial charge in [-0.1, -0.05) is 18.2 Å². The SMILES string of the molecule is CN=C(NCc1ccccc1OC(C)(C)C)N1CCC(Cc2cnn(C)c2)C1. The number of aryl methyl sites for hydroxylation is 1.